The molecule has 1 heterocycles. The highest BCUT2D eigenvalue weighted by Gasteiger charge is 2.06. The summed E-state index contributed by atoms with van der Waals surface area (Å²) in [6.45, 7) is 2.02. The van der Waals surface area contributed by atoms with Crippen molar-refractivity contribution in [3.05, 3.63) is 35.2 Å². The van der Waals surface area contributed by atoms with Crippen LogP contribution in [0.25, 0.3) is 11.3 Å². The topological polar surface area (TPSA) is 106 Å². The number of thiazole rings is 1. The van der Waals surface area contributed by atoms with E-state index in [1.54, 1.807) is 0 Å². The largest absolute Gasteiger partial charge is 0.370 e. The molecule has 2 aromatic rings. The number of hydrogen-bond acceptors (Lipinski definition) is 4. The second kappa shape index (κ2) is 8.35. The predicted octanol–water partition coefficient (Wildman–Crippen LogP) is 2.01. The number of nitrogens with zero attached hydrogens (tertiary/aromatic N) is 2. The number of carbonyl (C=O) groups is 1. The molecule has 0 spiro atoms. The minimum Gasteiger partial charge on any atom is -0.370 e. The minimum atomic E-state index is -0.123. The van der Waals surface area contributed by atoms with Crippen LogP contribution in [-0.2, 0) is 11.2 Å². The highest BCUT2D eigenvalue weighted by atomic mass is 35.5. The van der Waals surface area contributed by atoms with Crippen molar-refractivity contribution in [3.63, 3.8) is 0 Å². The number of nitrogens with two attached hydrogens (primary N) is 2. The fourth-order valence-corrected chi connectivity index (χ4v) is 2.58. The minimum absolute atomic E-state index is 0. The number of anilines is 1. The zero-order chi connectivity index (χ0) is 15.2. The maximum atomic E-state index is 11.0. The lowest BCUT2D eigenvalue weighted by Gasteiger charge is -2.02. The molecule has 1 aromatic heterocycles. The summed E-state index contributed by atoms with van der Waals surface area (Å²) in [5.74, 6) is -0.0208. The van der Waals surface area contributed by atoms with Gasteiger partial charge in [-0.3, -0.25) is 9.79 Å². The lowest BCUT2D eigenvalue weighted by molar-refractivity contribution is -0.114. The Balaban J connectivity index is 0.00000242. The molecule has 1 aromatic carbocycles. The van der Waals surface area contributed by atoms with E-state index in [1.807, 2.05) is 23.6 Å². The van der Waals surface area contributed by atoms with Gasteiger partial charge in [0.2, 0.25) is 5.91 Å². The molecule has 0 aliphatic carbocycles. The van der Waals surface area contributed by atoms with Gasteiger partial charge in [-0.1, -0.05) is 18.2 Å². The van der Waals surface area contributed by atoms with Gasteiger partial charge < -0.3 is 16.8 Å². The summed E-state index contributed by atoms with van der Waals surface area (Å²) < 4.78 is 0. The SMILES string of the molecule is CC(=O)Nc1nc(-c2cccc(CCN=C(N)N)c2)cs1.Cl. The zero-order valence-corrected chi connectivity index (χ0v) is 13.7. The molecule has 0 fully saturated rings. The van der Waals surface area contributed by atoms with Crippen LogP contribution in [0.5, 0.6) is 0 Å². The van der Waals surface area contributed by atoms with Crippen LogP contribution in [0.3, 0.4) is 0 Å². The second-order valence-electron chi connectivity index (χ2n) is 4.48. The van der Waals surface area contributed by atoms with Crippen molar-refractivity contribution in [1.29, 1.82) is 0 Å². The summed E-state index contributed by atoms with van der Waals surface area (Å²) in [6, 6.07) is 8.02. The fourth-order valence-electron chi connectivity index (χ4n) is 1.81. The van der Waals surface area contributed by atoms with Crippen LogP contribution < -0.4 is 16.8 Å². The van der Waals surface area contributed by atoms with Crippen LogP contribution >= 0.6 is 23.7 Å². The van der Waals surface area contributed by atoms with Crippen molar-refractivity contribution in [2.75, 3.05) is 11.9 Å². The van der Waals surface area contributed by atoms with E-state index in [2.05, 4.69) is 21.4 Å². The third-order valence-electron chi connectivity index (χ3n) is 2.70. The Hall–Kier alpha value is -2.12. The number of amides is 1. The first-order valence-electron chi connectivity index (χ1n) is 6.42. The maximum Gasteiger partial charge on any atom is 0.223 e. The Labute approximate surface area is 139 Å². The van der Waals surface area contributed by atoms with E-state index < -0.39 is 0 Å². The normalized spacial score (nSPS) is 9.68. The van der Waals surface area contributed by atoms with Gasteiger partial charge in [0.05, 0.1) is 5.69 Å². The monoisotopic (exact) mass is 339 g/mol. The van der Waals surface area contributed by atoms with E-state index in [9.17, 15) is 4.79 Å². The predicted molar refractivity (Wildman–Crippen MR) is 93.5 cm³/mol. The van der Waals surface area contributed by atoms with Gasteiger partial charge in [-0.25, -0.2) is 4.98 Å². The molecule has 0 bridgehead atoms. The average Bonchev–Trinajstić information content (AvgIpc) is 2.86. The Morgan fingerprint density at radius 1 is 1.41 bits per heavy atom. The number of hydrogen-bond donors (Lipinski definition) is 3. The van der Waals surface area contributed by atoms with Gasteiger partial charge in [0.1, 0.15) is 0 Å². The van der Waals surface area contributed by atoms with Crippen molar-refractivity contribution in [2.24, 2.45) is 16.5 Å². The summed E-state index contributed by atoms with van der Waals surface area (Å²) in [7, 11) is 0. The summed E-state index contributed by atoms with van der Waals surface area (Å²) >= 11 is 1.40. The molecule has 0 saturated carbocycles. The summed E-state index contributed by atoms with van der Waals surface area (Å²) in [5, 5.41) is 5.20. The van der Waals surface area contributed by atoms with Gasteiger partial charge in [0, 0.05) is 24.4 Å². The molecule has 0 saturated heterocycles. The number of carbonyl (C=O) groups excluding carboxylic acids is 1. The molecular weight excluding hydrogens is 322 g/mol. The first-order chi connectivity index (χ1) is 10.0. The summed E-state index contributed by atoms with van der Waals surface area (Å²) in [6.07, 6.45) is 0.758. The molecule has 22 heavy (non-hydrogen) atoms. The van der Waals surface area contributed by atoms with Gasteiger partial charge in [0.25, 0.3) is 0 Å². The smallest absolute Gasteiger partial charge is 0.223 e. The number of benzene rings is 1. The lowest BCUT2D eigenvalue weighted by atomic mass is 10.1. The average molecular weight is 340 g/mol. The van der Waals surface area contributed by atoms with Crippen molar-refractivity contribution in [1.82, 2.24) is 4.98 Å². The number of halogens is 1. The van der Waals surface area contributed by atoms with Crippen LogP contribution in [0.4, 0.5) is 5.13 Å². The van der Waals surface area contributed by atoms with Gasteiger partial charge in [-0.2, -0.15) is 0 Å². The Morgan fingerprint density at radius 2 is 2.18 bits per heavy atom. The third-order valence-corrected chi connectivity index (χ3v) is 3.46. The molecule has 2 rings (SSSR count). The highest BCUT2D eigenvalue weighted by Crippen LogP contribution is 2.25. The number of guanidine groups is 1. The second-order valence-corrected chi connectivity index (χ2v) is 5.33. The maximum absolute atomic E-state index is 11.0. The number of rotatable bonds is 5. The van der Waals surface area contributed by atoms with Crippen LogP contribution in [-0.4, -0.2) is 23.4 Å². The molecule has 0 aliphatic rings. The Bertz CT molecular complexity index is 667. The molecule has 0 radical (unpaired) electrons. The first kappa shape index (κ1) is 17.9. The van der Waals surface area contributed by atoms with Crippen molar-refractivity contribution in [2.45, 2.75) is 13.3 Å². The van der Waals surface area contributed by atoms with E-state index in [-0.39, 0.29) is 24.3 Å². The van der Waals surface area contributed by atoms with Gasteiger partial charge in [-0.05, 0) is 18.1 Å². The molecular formula is C14H18ClN5OS. The number of aliphatic imine (C=N–C) groups is 1. The quantitative estimate of drug-likeness (QED) is 0.572. The van der Waals surface area contributed by atoms with Gasteiger partial charge in [-0.15, -0.1) is 23.7 Å². The highest BCUT2D eigenvalue weighted by molar-refractivity contribution is 7.14. The van der Waals surface area contributed by atoms with Crippen LogP contribution in [0.1, 0.15) is 12.5 Å². The molecule has 5 N–H and O–H groups in total. The Morgan fingerprint density at radius 3 is 2.86 bits per heavy atom. The third kappa shape index (κ3) is 5.34. The van der Waals surface area contributed by atoms with Crippen LogP contribution in [0.15, 0.2) is 34.6 Å². The van der Waals surface area contributed by atoms with Crippen molar-refractivity contribution < 1.29 is 4.79 Å². The van der Waals surface area contributed by atoms with E-state index >= 15 is 0 Å². The summed E-state index contributed by atoms with van der Waals surface area (Å²) in [4.78, 5) is 19.4. The molecule has 0 atom stereocenters. The molecule has 0 unspecified atom stereocenters. The van der Waals surface area contributed by atoms with E-state index in [0.29, 0.717) is 11.7 Å². The molecule has 0 aliphatic heterocycles. The molecule has 8 heteroatoms. The van der Waals surface area contributed by atoms with E-state index in [0.717, 1.165) is 23.2 Å². The number of nitrogens with one attached hydrogen (secondary N) is 1. The number of aromatic nitrogens is 1. The molecule has 6 nitrogen and oxygen atoms in total. The van der Waals surface area contributed by atoms with E-state index in [1.165, 1.54) is 18.3 Å². The van der Waals surface area contributed by atoms with Gasteiger partial charge >= 0.3 is 0 Å². The zero-order valence-electron chi connectivity index (χ0n) is 12.1. The molecule has 1 amide bonds. The van der Waals surface area contributed by atoms with Crippen LogP contribution in [0.2, 0.25) is 0 Å². The fraction of sp³-hybridized carbons (Fsp3) is 0.214. The van der Waals surface area contributed by atoms with Crippen molar-refractivity contribution in [3.8, 4) is 11.3 Å². The van der Waals surface area contributed by atoms with Crippen molar-refractivity contribution >= 4 is 40.7 Å². The van der Waals surface area contributed by atoms with E-state index in [4.69, 9.17) is 11.5 Å². The van der Waals surface area contributed by atoms with Crippen LogP contribution in [0, 0.1) is 0 Å². The Kier molecular flexibility index (Phi) is 6.81. The first-order valence-corrected chi connectivity index (χ1v) is 7.30. The summed E-state index contributed by atoms with van der Waals surface area (Å²) in [5.41, 5.74) is 13.6. The standard InChI is InChI=1S/C14H17N5OS.ClH/c1-9(20)18-14-19-12(8-21-14)11-4-2-3-10(7-11)5-6-17-13(15)16;/h2-4,7-8H,5-6H2,1H3,(H4,15,16,17)(H,18,19,20);1H. The molecule has 118 valence electrons. The lowest BCUT2D eigenvalue weighted by Crippen LogP contribution is -2.23. The van der Waals surface area contributed by atoms with Gasteiger partial charge in [0.15, 0.2) is 11.1 Å².